The van der Waals surface area contributed by atoms with Crippen molar-refractivity contribution in [2.75, 3.05) is 11.1 Å². The molecular formula is C16H16N6O. The second-order valence-corrected chi connectivity index (χ2v) is 4.99. The summed E-state index contributed by atoms with van der Waals surface area (Å²) in [5.74, 6) is -0.368. The number of rotatable bonds is 4. The van der Waals surface area contributed by atoms with E-state index < -0.39 is 0 Å². The number of nitrogens with zero attached hydrogens (tertiary/aromatic N) is 4. The number of imidazole rings is 1. The van der Waals surface area contributed by atoms with Crippen LogP contribution in [0.4, 0.5) is 11.6 Å². The number of para-hydroxylation sites is 1. The van der Waals surface area contributed by atoms with E-state index in [9.17, 15) is 4.79 Å². The third kappa shape index (κ3) is 3.14. The highest BCUT2D eigenvalue weighted by Crippen LogP contribution is 2.21. The Balaban J connectivity index is 2.27. The van der Waals surface area contributed by atoms with Crippen molar-refractivity contribution in [1.29, 1.82) is 10.5 Å². The molecule has 23 heavy (non-hydrogen) atoms. The zero-order chi connectivity index (χ0) is 17.0. The summed E-state index contributed by atoms with van der Waals surface area (Å²) in [6.07, 6.45) is 0.784. The number of anilines is 2. The average molecular weight is 308 g/mol. The molecule has 0 aliphatic heterocycles. The minimum atomic E-state index is -0.334. The molecule has 0 fully saturated rings. The Kier molecular flexibility index (Phi) is 4.63. The number of nitriles is 2. The van der Waals surface area contributed by atoms with Crippen LogP contribution in [-0.2, 0) is 17.8 Å². The van der Waals surface area contributed by atoms with Crippen molar-refractivity contribution in [3.63, 3.8) is 0 Å². The minimum absolute atomic E-state index is 0.0133. The summed E-state index contributed by atoms with van der Waals surface area (Å²) in [6.45, 7) is 3.74. The first-order valence-corrected chi connectivity index (χ1v) is 7.06. The number of nitrogens with two attached hydrogens (primary N) is 1. The van der Waals surface area contributed by atoms with Gasteiger partial charge in [-0.1, -0.05) is 25.1 Å². The van der Waals surface area contributed by atoms with Crippen LogP contribution in [0.25, 0.3) is 0 Å². The Morgan fingerprint density at radius 1 is 1.39 bits per heavy atom. The van der Waals surface area contributed by atoms with E-state index in [0.717, 1.165) is 23.2 Å². The largest absolute Gasteiger partial charge is 0.369 e. The summed E-state index contributed by atoms with van der Waals surface area (Å²) >= 11 is 0. The van der Waals surface area contributed by atoms with Crippen LogP contribution >= 0.6 is 0 Å². The molecule has 0 saturated carbocycles. The second kappa shape index (κ2) is 6.63. The first-order chi connectivity index (χ1) is 11.0. The molecule has 0 radical (unpaired) electrons. The van der Waals surface area contributed by atoms with Crippen molar-refractivity contribution in [1.82, 2.24) is 9.55 Å². The number of nitrogen functional groups attached to an aromatic ring is 1. The van der Waals surface area contributed by atoms with Gasteiger partial charge in [-0.25, -0.2) is 4.98 Å². The van der Waals surface area contributed by atoms with Crippen molar-refractivity contribution < 1.29 is 4.79 Å². The lowest BCUT2D eigenvalue weighted by atomic mass is 10.1. The molecule has 1 aromatic carbocycles. The van der Waals surface area contributed by atoms with E-state index in [4.69, 9.17) is 16.3 Å². The van der Waals surface area contributed by atoms with E-state index in [0.29, 0.717) is 0 Å². The molecule has 3 N–H and O–H groups in total. The van der Waals surface area contributed by atoms with Gasteiger partial charge < -0.3 is 11.1 Å². The maximum atomic E-state index is 12.3. The fraction of sp³-hybridized carbons (Fsp3) is 0.250. The van der Waals surface area contributed by atoms with E-state index in [1.54, 1.807) is 6.07 Å². The Morgan fingerprint density at radius 2 is 2.13 bits per heavy atom. The lowest BCUT2D eigenvalue weighted by Crippen LogP contribution is -2.22. The van der Waals surface area contributed by atoms with Gasteiger partial charge in [-0.2, -0.15) is 10.5 Å². The summed E-state index contributed by atoms with van der Waals surface area (Å²) in [4.78, 5) is 16.1. The van der Waals surface area contributed by atoms with Gasteiger partial charge in [-0.05, 0) is 24.5 Å². The van der Waals surface area contributed by atoms with Crippen LogP contribution in [0.2, 0.25) is 0 Å². The van der Waals surface area contributed by atoms with E-state index in [2.05, 4.69) is 10.3 Å². The Morgan fingerprint density at radius 3 is 2.74 bits per heavy atom. The highest BCUT2D eigenvalue weighted by atomic mass is 16.2. The first-order valence-electron chi connectivity index (χ1n) is 7.06. The molecule has 1 aromatic heterocycles. The molecule has 2 aromatic rings. The van der Waals surface area contributed by atoms with Crippen LogP contribution in [0.1, 0.15) is 29.4 Å². The standard InChI is InChI=1S/C16H16N6O/c1-3-11-6-4-5-10(2)15(11)21-14(23)9-22-13(8-18)12(7-17)20-16(22)19/h4-6H,3,9H2,1-2H3,(H2,19,20)(H,21,23). The van der Waals surface area contributed by atoms with E-state index in [1.165, 1.54) is 4.57 Å². The molecule has 0 unspecified atom stereocenters. The number of carbonyl (C=O) groups excluding carboxylic acids is 1. The monoisotopic (exact) mass is 308 g/mol. The zero-order valence-corrected chi connectivity index (χ0v) is 12.9. The molecule has 2 rings (SSSR count). The highest BCUT2D eigenvalue weighted by Gasteiger charge is 2.18. The van der Waals surface area contributed by atoms with Crippen LogP contribution in [0.5, 0.6) is 0 Å². The number of nitrogens with one attached hydrogen (secondary N) is 1. The molecule has 0 aliphatic carbocycles. The van der Waals surface area contributed by atoms with Crippen molar-refractivity contribution in [2.24, 2.45) is 0 Å². The number of hydrogen-bond donors (Lipinski definition) is 2. The molecule has 0 saturated heterocycles. The fourth-order valence-corrected chi connectivity index (χ4v) is 2.35. The molecule has 0 aliphatic rings. The molecule has 0 bridgehead atoms. The lowest BCUT2D eigenvalue weighted by molar-refractivity contribution is -0.116. The molecule has 0 atom stereocenters. The number of aryl methyl sites for hydroxylation is 2. The molecule has 7 heteroatoms. The molecule has 116 valence electrons. The maximum absolute atomic E-state index is 12.3. The summed E-state index contributed by atoms with van der Waals surface area (Å²) in [7, 11) is 0. The Hall–Kier alpha value is -3.32. The normalized spacial score (nSPS) is 9.91. The quantitative estimate of drug-likeness (QED) is 0.890. The van der Waals surface area contributed by atoms with Crippen LogP contribution < -0.4 is 11.1 Å². The number of hydrogen-bond acceptors (Lipinski definition) is 5. The number of aromatic nitrogens is 2. The van der Waals surface area contributed by atoms with Gasteiger partial charge in [0.2, 0.25) is 11.9 Å². The van der Waals surface area contributed by atoms with E-state index in [-0.39, 0.29) is 29.8 Å². The molecule has 1 heterocycles. The van der Waals surface area contributed by atoms with Gasteiger partial charge in [0.15, 0.2) is 11.4 Å². The SMILES string of the molecule is CCc1cccc(C)c1NC(=O)Cn1c(N)nc(C#N)c1C#N. The molecular weight excluding hydrogens is 292 g/mol. The van der Waals surface area contributed by atoms with Gasteiger partial charge in [0.1, 0.15) is 18.7 Å². The molecule has 7 nitrogen and oxygen atoms in total. The van der Waals surface area contributed by atoms with Crippen LogP contribution in [0.15, 0.2) is 18.2 Å². The van der Waals surface area contributed by atoms with Gasteiger partial charge in [0.25, 0.3) is 0 Å². The maximum Gasteiger partial charge on any atom is 0.244 e. The second-order valence-electron chi connectivity index (χ2n) is 4.99. The summed E-state index contributed by atoms with van der Waals surface area (Å²) in [5, 5.41) is 20.9. The van der Waals surface area contributed by atoms with Gasteiger partial charge in [-0.15, -0.1) is 0 Å². The third-order valence-electron chi connectivity index (χ3n) is 3.52. The fourth-order valence-electron chi connectivity index (χ4n) is 2.35. The zero-order valence-electron chi connectivity index (χ0n) is 12.9. The summed E-state index contributed by atoms with van der Waals surface area (Å²) < 4.78 is 1.23. The Bertz CT molecular complexity index is 837. The first kappa shape index (κ1) is 16.1. The predicted molar refractivity (Wildman–Crippen MR) is 85.3 cm³/mol. The van der Waals surface area contributed by atoms with Crippen molar-refractivity contribution in [2.45, 2.75) is 26.8 Å². The summed E-state index contributed by atoms with van der Waals surface area (Å²) in [5.41, 5.74) is 8.34. The topological polar surface area (TPSA) is 121 Å². The average Bonchev–Trinajstić information content (AvgIpc) is 2.84. The number of carbonyl (C=O) groups is 1. The van der Waals surface area contributed by atoms with E-state index in [1.807, 2.05) is 38.1 Å². The van der Waals surface area contributed by atoms with Gasteiger partial charge >= 0.3 is 0 Å². The van der Waals surface area contributed by atoms with Crippen molar-refractivity contribution >= 4 is 17.5 Å². The van der Waals surface area contributed by atoms with Gasteiger partial charge in [0, 0.05) is 5.69 Å². The number of amides is 1. The molecule has 1 amide bonds. The van der Waals surface area contributed by atoms with Crippen LogP contribution in [0.3, 0.4) is 0 Å². The number of benzene rings is 1. The van der Waals surface area contributed by atoms with Crippen LogP contribution in [0, 0.1) is 29.6 Å². The third-order valence-corrected chi connectivity index (χ3v) is 3.52. The predicted octanol–water partition coefficient (Wildman–Crippen LogP) is 1.72. The summed E-state index contributed by atoms with van der Waals surface area (Å²) in [6, 6.07) is 9.44. The minimum Gasteiger partial charge on any atom is -0.369 e. The van der Waals surface area contributed by atoms with Gasteiger partial charge in [0.05, 0.1) is 0 Å². The van der Waals surface area contributed by atoms with E-state index >= 15 is 0 Å². The highest BCUT2D eigenvalue weighted by molar-refractivity contribution is 5.92. The Labute approximate surface area is 134 Å². The van der Waals surface area contributed by atoms with Gasteiger partial charge in [-0.3, -0.25) is 9.36 Å². The smallest absolute Gasteiger partial charge is 0.244 e. The van der Waals surface area contributed by atoms with Crippen molar-refractivity contribution in [3.8, 4) is 12.1 Å². The van der Waals surface area contributed by atoms with Crippen molar-refractivity contribution in [3.05, 3.63) is 40.7 Å². The van der Waals surface area contributed by atoms with Crippen LogP contribution in [-0.4, -0.2) is 15.5 Å². The lowest BCUT2D eigenvalue weighted by Gasteiger charge is -2.13. The molecule has 0 spiro atoms.